The average molecular weight is 389 g/mol. The summed E-state index contributed by atoms with van der Waals surface area (Å²) in [5, 5.41) is 4.24. The fourth-order valence-electron chi connectivity index (χ4n) is 2.92. The van der Waals surface area contributed by atoms with Gasteiger partial charge >= 0.3 is 6.36 Å². The topological polar surface area (TPSA) is 77.7 Å². The van der Waals surface area contributed by atoms with Gasteiger partial charge in [-0.05, 0) is 31.2 Å². The van der Waals surface area contributed by atoms with Crippen molar-refractivity contribution in [1.29, 1.82) is 0 Å². The van der Waals surface area contributed by atoms with Crippen molar-refractivity contribution in [3.8, 4) is 22.6 Å². The molecular weight excluding hydrogens is 375 g/mol. The summed E-state index contributed by atoms with van der Waals surface area (Å²) in [6, 6.07) is 5.05. The molecule has 0 amide bonds. The predicted octanol–water partition coefficient (Wildman–Crippen LogP) is 3.50. The SMILES string of the molecule is CCn1cc(-c2cn(-c3ccc(OC(F)(F)F)cc3)c(=O)c3nc[nH]c23)cn1. The summed E-state index contributed by atoms with van der Waals surface area (Å²) in [4.78, 5) is 19.9. The molecule has 0 unspecified atom stereocenters. The summed E-state index contributed by atoms with van der Waals surface area (Å²) in [6.45, 7) is 2.64. The molecule has 1 aromatic carbocycles. The van der Waals surface area contributed by atoms with Crippen LogP contribution in [0.1, 0.15) is 6.92 Å². The van der Waals surface area contributed by atoms with Gasteiger partial charge in [-0.1, -0.05) is 0 Å². The van der Waals surface area contributed by atoms with Crippen LogP contribution in [0.4, 0.5) is 13.2 Å². The van der Waals surface area contributed by atoms with E-state index in [1.165, 1.54) is 23.0 Å². The van der Waals surface area contributed by atoms with Crippen molar-refractivity contribution in [1.82, 2.24) is 24.3 Å². The van der Waals surface area contributed by atoms with E-state index in [9.17, 15) is 18.0 Å². The minimum absolute atomic E-state index is 0.220. The number of halogens is 3. The third kappa shape index (κ3) is 3.24. The Morgan fingerprint density at radius 2 is 1.93 bits per heavy atom. The lowest BCUT2D eigenvalue weighted by atomic mass is 10.1. The van der Waals surface area contributed by atoms with Crippen LogP contribution in [0.5, 0.6) is 5.75 Å². The van der Waals surface area contributed by atoms with Gasteiger partial charge in [0.2, 0.25) is 0 Å². The van der Waals surface area contributed by atoms with E-state index >= 15 is 0 Å². The number of alkyl halides is 3. The Bertz CT molecular complexity index is 1190. The molecule has 1 N–H and O–H groups in total. The molecular formula is C18H14F3N5O2. The highest BCUT2D eigenvalue weighted by molar-refractivity contribution is 5.90. The fourth-order valence-corrected chi connectivity index (χ4v) is 2.92. The lowest BCUT2D eigenvalue weighted by molar-refractivity contribution is -0.274. The zero-order chi connectivity index (χ0) is 19.9. The van der Waals surface area contributed by atoms with Gasteiger partial charge in [0.1, 0.15) is 5.75 Å². The lowest BCUT2D eigenvalue weighted by Gasteiger charge is -2.11. The van der Waals surface area contributed by atoms with Crippen LogP contribution in [-0.2, 0) is 6.54 Å². The summed E-state index contributed by atoms with van der Waals surface area (Å²) in [5.41, 5.74) is 2.25. The predicted molar refractivity (Wildman–Crippen MR) is 95.3 cm³/mol. The van der Waals surface area contributed by atoms with Gasteiger partial charge in [0.05, 0.1) is 18.0 Å². The van der Waals surface area contributed by atoms with Crippen LogP contribution in [-0.4, -0.2) is 30.7 Å². The van der Waals surface area contributed by atoms with E-state index in [1.54, 1.807) is 17.1 Å². The molecule has 0 atom stereocenters. The number of aromatic amines is 1. The van der Waals surface area contributed by atoms with E-state index in [0.29, 0.717) is 23.3 Å². The number of fused-ring (bicyclic) bond motifs is 1. The molecule has 0 radical (unpaired) electrons. The van der Waals surface area contributed by atoms with Crippen LogP contribution in [0.3, 0.4) is 0 Å². The summed E-state index contributed by atoms with van der Waals surface area (Å²) >= 11 is 0. The molecule has 3 aromatic heterocycles. The van der Waals surface area contributed by atoms with Crippen molar-refractivity contribution in [2.45, 2.75) is 19.8 Å². The van der Waals surface area contributed by atoms with Crippen molar-refractivity contribution in [3.05, 3.63) is 59.5 Å². The number of rotatable bonds is 4. The molecule has 4 aromatic rings. The van der Waals surface area contributed by atoms with Gasteiger partial charge in [-0.15, -0.1) is 13.2 Å². The maximum absolute atomic E-state index is 12.8. The molecule has 0 spiro atoms. The minimum Gasteiger partial charge on any atom is -0.406 e. The van der Waals surface area contributed by atoms with Crippen LogP contribution >= 0.6 is 0 Å². The maximum Gasteiger partial charge on any atom is 0.573 e. The molecule has 3 heterocycles. The number of nitrogens with zero attached hydrogens (tertiary/aromatic N) is 4. The highest BCUT2D eigenvalue weighted by atomic mass is 19.4. The van der Waals surface area contributed by atoms with E-state index in [4.69, 9.17) is 0 Å². The van der Waals surface area contributed by atoms with Gasteiger partial charge in [-0.25, -0.2) is 4.98 Å². The van der Waals surface area contributed by atoms with Gasteiger partial charge in [0.15, 0.2) is 5.52 Å². The first-order valence-corrected chi connectivity index (χ1v) is 8.33. The number of pyridine rings is 1. The van der Waals surface area contributed by atoms with Gasteiger partial charge in [0.25, 0.3) is 5.56 Å². The number of nitrogens with one attached hydrogen (secondary N) is 1. The normalized spacial score (nSPS) is 11.9. The van der Waals surface area contributed by atoms with Crippen LogP contribution in [0, 0.1) is 0 Å². The molecule has 0 fully saturated rings. The van der Waals surface area contributed by atoms with Crippen molar-refractivity contribution in [2.75, 3.05) is 0 Å². The number of aryl methyl sites for hydroxylation is 1. The Kier molecular flexibility index (Phi) is 4.17. The van der Waals surface area contributed by atoms with Gasteiger partial charge in [-0.3, -0.25) is 14.0 Å². The molecule has 144 valence electrons. The first-order valence-electron chi connectivity index (χ1n) is 8.33. The monoisotopic (exact) mass is 389 g/mol. The molecule has 0 aliphatic rings. The summed E-state index contributed by atoms with van der Waals surface area (Å²) in [6.07, 6.45) is 1.77. The average Bonchev–Trinajstić information content (AvgIpc) is 3.31. The van der Waals surface area contributed by atoms with E-state index in [-0.39, 0.29) is 11.3 Å². The van der Waals surface area contributed by atoms with Crippen LogP contribution in [0.25, 0.3) is 27.8 Å². The molecule has 10 heteroatoms. The number of hydrogen-bond donors (Lipinski definition) is 1. The zero-order valence-corrected chi connectivity index (χ0v) is 14.6. The summed E-state index contributed by atoms with van der Waals surface area (Å²) in [5.74, 6) is -0.366. The van der Waals surface area contributed by atoms with Crippen LogP contribution in [0.2, 0.25) is 0 Å². The third-order valence-electron chi connectivity index (χ3n) is 4.20. The van der Waals surface area contributed by atoms with Crippen LogP contribution < -0.4 is 10.3 Å². The van der Waals surface area contributed by atoms with E-state index in [1.807, 2.05) is 13.1 Å². The second kappa shape index (κ2) is 6.55. The third-order valence-corrected chi connectivity index (χ3v) is 4.20. The molecule has 0 saturated carbocycles. The molecule has 0 aliphatic heterocycles. The molecule has 0 bridgehead atoms. The highest BCUT2D eigenvalue weighted by Crippen LogP contribution is 2.27. The summed E-state index contributed by atoms with van der Waals surface area (Å²) < 4.78 is 44.0. The molecule has 0 saturated heterocycles. The number of aromatic nitrogens is 5. The van der Waals surface area contributed by atoms with E-state index in [2.05, 4.69) is 19.8 Å². The smallest absolute Gasteiger partial charge is 0.406 e. The number of hydrogen-bond acceptors (Lipinski definition) is 4. The number of ether oxygens (including phenoxy) is 1. The molecule has 4 rings (SSSR count). The van der Waals surface area contributed by atoms with E-state index in [0.717, 1.165) is 17.7 Å². The Morgan fingerprint density at radius 3 is 2.57 bits per heavy atom. The standard InChI is InChI=1S/C18H14F3N5O2/c1-2-25-8-11(7-24-25)14-9-26(17(27)16-15(14)22-10-23-16)12-3-5-13(6-4-12)28-18(19,20)21/h3-10H,2H2,1H3,(H,22,23). The van der Waals surface area contributed by atoms with Gasteiger partial charge in [-0.2, -0.15) is 5.10 Å². The number of imidazole rings is 1. The first kappa shape index (κ1) is 17.8. The Balaban J connectivity index is 1.83. The first-order chi connectivity index (χ1) is 13.4. The van der Waals surface area contributed by atoms with Gasteiger partial charge < -0.3 is 9.72 Å². The molecule has 0 aliphatic carbocycles. The Morgan fingerprint density at radius 1 is 1.18 bits per heavy atom. The van der Waals surface area contributed by atoms with Gasteiger partial charge in [0, 0.05) is 35.8 Å². The van der Waals surface area contributed by atoms with Crippen LogP contribution in [0.15, 0.2) is 54.0 Å². The fraction of sp³-hybridized carbons (Fsp3) is 0.167. The Labute approximate surface area is 156 Å². The van der Waals surface area contributed by atoms with Crippen molar-refractivity contribution < 1.29 is 17.9 Å². The maximum atomic E-state index is 12.8. The van der Waals surface area contributed by atoms with Crippen molar-refractivity contribution >= 4 is 11.0 Å². The van der Waals surface area contributed by atoms with Crippen molar-refractivity contribution in [2.24, 2.45) is 0 Å². The quantitative estimate of drug-likeness (QED) is 0.580. The number of benzene rings is 1. The minimum atomic E-state index is -4.78. The van der Waals surface area contributed by atoms with Crippen molar-refractivity contribution in [3.63, 3.8) is 0 Å². The number of H-pyrrole nitrogens is 1. The highest BCUT2D eigenvalue weighted by Gasteiger charge is 2.31. The Hall–Kier alpha value is -3.56. The lowest BCUT2D eigenvalue weighted by Crippen LogP contribution is -2.19. The molecule has 7 nitrogen and oxygen atoms in total. The summed E-state index contributed by atoms with van der Waals surface area (Å²) in [7, 11) is 0. The zero-order valence-electron chi connectivity index (χ0n) is 14.6. The largest absolute Gasteiger partial charge is 0.573 e. The second-order valence-corrected chi connectivity index (χ2v) is 5.97. The second-order valence-electron chi connectivity index (χ2n) is 5.97. The van der Waals surface area contributed by atoms with E-state index < -0.39 is 11.9 Å². The molecule has 28 heavy (non-hydrogen) atoms.